The molecule has 6 nitrogen and oxygen atoms in total. The zero-order chi connectivity index (χ0) is 18.9. The van der Waals surface area contributed by atoms with Crippen molar-refractivity contribution in [2.75, 3.05) is 50.8 Å². The maximum atomic E-state index is 13.3. The molecule has 0 amide bonds. The third-order valence-electron chi connectivity index (χ3n) is 5.50. The Morgan fingerprint density at radius 3 is 2.57 bits per heavy atom. The van der Waals surface area contributed by atoms with Crippen LogP contribution in [-0.4, -0.2) is 60.4 Å². The number of halogens is 1. The number of piperazine rings is 1. The average Bonchev–Trinajstić information content (AvgIpc) is 3.14. The number of rotatable bonds is 4. The summed E-state index contributed by atoms with van der Waals surface area (Å²) in [4.78, 5) is 9.16. The first-order valence-electron chi connectivity index (χ1n) is 9.74. The van der Waals surface area contributed by atoms with E-state index in [-0.39, 0.29) is 5.82 Å². The van der Waals surface area contributed by atoms with Gasteiger partial charge in [-0.15, -0.1) is 0 Å². The van der Waals surface area contributed by atoms with E-state index in [0.717, 1.165) is 56.3 Å². The van der Waals surface area contributed by atoms with Gasteiger partial charge in [-0.05, 0) is 24.3 Å². The number of fused-ring (bicyclic) bond motifs is 2. The molecule has 0 N–H and O–H groups in total. The zero-order valence-corrected chi connectivity index (χ0v) is 15.7. The van der Waals surface area contributed by atoms with Gasteiger partial charge in [-0.25, -0.2) is 9.37 Å². The quantitative estimate of drug-likeness (QED) is 0.694. The average molecular weight is 382 g/mol. The molecule has 2 aromatic carbocycles. The normalized spacial score (nSPS) is 17.2. The highest BCUT2D eigenvalue weighted by Crippen LogP contribution is 2.34. The third-order valence-corrected chi connectivity index (χ3v) is 5.50. The van der Waals surface area contributed by atoms with E-state index in [2.05, 4.69) is 31.5 Å². The van der Waals surface area contributed by atoms with Crippen LogP contribution in [0.4, 0.5) is 10.1 Å². The van der Waals surface area contributed by atoms with Gasteiger partial charge in [-0.3, -0.25) is 4.90 Å². The van der Waals surface area contributed by atoms with Crippen molar-refractivity contribution in [3.8, 4) is 11.5 Å². The topological polar surface area (TPSA) is 42.8 Å². The van der Waals surface area contributed by atoms with Crippen LogP contribution in [0.1, 0.15) is 0 Å². The van der Waals surface area contributed by atoms with Crippen LogP contribution in [0.5, 0.6) is 11.5 Å². The molecule has 0 atom stereocenters. The Bertz CT molecular complexity index is 982. The van der Waals surface area contributed by atoms with E-state index < -0.39 is 0 Å². The van der Waals surface area contributed by atoms with Crippen LogP contribution >= 0.6 is 0 Å². The van der Waals surface area contributed by atoms with Crippen molar-refractivity contribution in [1.82, 2.24) is 14.5 Å². The van der Waals surface area contributed by atoms with Gasteiger partial charge >= 0.3 is 0 Å². The summed E-state index contributed by atoms with van der Waals surface area (Å²) in [5.41, 5.74) is 2.88. The molecule has 0 bridgehead atoms. The van der Waals surface area contributed by atoms with Gasteiger partial charge in [0, 0.05) is 57.1 Å². The zero-order valence-electron chi connectivity index (χ0n) is 15.7. The van der Waals surface area contributed by atoms with E-state index in [4.69, 9.17) is 9.47 Å². The number of aromatic nitrogens is 2. The van der Waals surface area contributed by atoms with Crippen molar-refractivity contribution in [3.05, 3.63) is 48.5 Å². The lowest BCUT2D eigenvalue weighted by Crippen LogP contribution is -2.47. The van der Waals surface area contributed by atoms with E-state index in [1.54, 1.807) is 12.4 Å². The minimum absolute atomic E-state index is 0.243. The lowest BCUT2D eigenvalue weighted by molar-refractivity contribution is 0.171. The van der Waals surface area contributed by atoms with Gasteiger partial charge in [0.15, 0.2) is 11.5 Å². The minimum Gasteiger partial charge on any atom is -0.486 e. The lowest BCUT2D eigenvalue weighted by atomic mass is 10.2. The summed E-state index contributed by atoms with van der Waals surface area (Å²) in [6.45, 7) is 7.02. The van der Waals surface area contributed by atoms with Crippen LogP contribution in [0.25, 0.3) is 11.0 Å². The number of imidazole rings is 1. The Labute approximate surface area is 163 Å². The molecule has 1 saturated heterocycles. The fourth-order valence-corrected chi connectivity index (χ4v) is 3.92. The van der Waals surface area contributed by atoms with Gasteiger partial charge in [0.1, 0.15) is 19.0 Å². The Balaban J connectivity index is 1.18. The molecule has 0 radical (unpaired) electrons. The Hall–Kier alpha value is -2.80. The van der Waals surface area contributed by atoms with Crippen molar-refractivity contribution in [1.29, 1.82) is 0 Å². The number of ether oxygens (including phenoxy) is 2. The molecule has 146 valence electrons. The highest BCUT2D eigenvalue weighted by molar-refractivity contribution is 5.75. The molecular formula is C21H23FN4O2. The summed E-state index contributed by atoms with van der Waals surface area (Å²) in [5.74, 6) is 1.43. The molecule has 0 spiro atoms. The highest BCUT2D eigenvalue weighted by Gasteiger charge is 2.20. The van der Waals surface area contributed by atoms with Gasteiger partial charge in [-0.1, -0.05) is 0 Å². The first-order valence-corrected chi connectivity index (χ1v) is 9.74. The third kappa shape index (κ3) is 3.38. The summed E-state index contributed by atoms with van der Waals surface area (Å²) in [6.07, 6.45) is 1.80. The minimum atomic E-state index is -0.243. The van der Waals surface area contributed by atoms with Crippen molar-refractivity contribution < 1.29 is 13.9 Å². The first kappa shape index (κ1) is 17.3. The molecular weight excluding hydrogens is 359 g/mol. The standard InChI is InChI=1S/C21H23FN4O2/c22-16-1-3-19-18(13-16)23-15-26(19)10-7-24-5-8-25(9-6-24)17-2-4-20-21(14-17)28-12-11-27-20/h1-4,13-15H,5-12H2. The summed E-state index contributed by atoms with van der Waals surface area (Å²) in [7, 11) is 0. The van der Waals surface area contributed by atoms with E-state index in [1.807, 2.05) is 6.07 Å². The Kier molecular flexibility index (Phi) is 4.52. The molecule has 7 heteroatoms. The Morgan fingerprint density at radius 1 is 0.893 bits per heavy atom. The van der Waals surface area contributed by atoms with Gasteiger partial charge in [0.25, 0.3) is 0 Å². The van der Waals surface area contributed by atoms with Crippen molar-refractivity contribution in [2.45, 2.75) is 6.54 Å². The number of hydrogen-bond donors (Lipinski definition) is 0. The van der Waals surface area contributed by atoms with E-state index >= 15 is 0 Å². The number of benzene rings is 2. The SMILES string of the molecule is Fc1ccc2c(c1)ncn2CCN1CCN(c2ccc3c(c2)OCCO3)CC1. The summed E-state index contributed by atoms with van der Waals surface area (Å²) in [5, 5.41) is 0. The van der Waals surface area contributed by atoms with E-state index in [0.29, 0.717) is 18.7 Å². The second-order valence-corrected chi connectivity index (χ2v) is 7.23. The van der Waals surface area contributed by atoms with Crippen LogP contribution in [0.2, 0.25) is 0 Å². The summed E-state index contributed by atoms with van der Waals surface area (Å²) in [6, 6.07) is 11.0. The molecule has 28 heavy (non-hydrogen) atoms. The molecule has 3 aromatic rings. The van der Waals surface area contributed by atoms with Crippen molar-refractivity contribution in [2.24, 2.45) is 0 Å². The van der Waals surface area contributed by atoms with Crippen LogP contribution in [0.3, 0.4) is 0 Å². The maximum Gasteiger partial charge on any atom is 0.163 e. The Morgan fingerprint density at radius 2 is 1.71 bits per heavy atom. The van der Waals surface area contributed by atoms with E-state index in [9.17, 15) is 4.39 Å². The number of nitrogens with zero attached hydrogens (tertiary/aromatic N) is 4. The predicted octanol–water partition coefficient (Wildman–Crippen LogP) is 2.77. The predicted molar refractivity (Wildman–Crippen MR) is 106 cm³/mol. The number of anilines is 1. The van der Waals surface area contributed by atoms with Gasteiger partial charge in [-0.2, -0.15) is 0 Å². The number of hydrogen-bond acceptors (Lipinski definition) is 5. The molecule has 1 fully saturated rings. The van der Waals surface area contributed by atoms with Gasteiger partial charge in [0.05, 0.1) is 17.4 Å². The molecule has 3 heterocycles. The first-order chi connectivity index (χ1) is 13.8. The molecule has 0 unspecified atom stereocenters. The monoisotopic (exact) mass is 382 g/mol. The highest BCUT2D eigenvalue weighted by atomic mass is 19.1. The second kappa shape index (κ2) is 7.31. The fourth-order valence-electron chi connectivity index (χ4n) is 3.92. The summed E-state index contributed by atoms with van der Waals surface area (Å²) < 4.78 is 26.7. The molecule has 2 aliphatic rings. The molecule has 1 aromatic heterocycles. The van der Waals surface area contributed by atoms with Crippen molar-refractivity contribution >= 4 is 16.7 Å². The van der Waals surface area contributed by atoms with E-state index in [1.165, 1.54) is 17.8 Å². The molecule has 2 aliphatic heterocycles. The largest absolute Gasteiger partial charge is 0.486 e. The molecule has 5 rings (SSSR count). The lowest BCUT2D eigenvalue weighted by Gasteiger charge is -2.36. The molecule has 0 saturated carbocycles. The summed E-state index contributed by atoms with van der Waals surface area (Å²) >= 11 is 0. The maximum absolute atomic E-state index is 13.3. The smallest absolute Gasteiger partial charge is 0.163 e. The van der Waals surface area contributed by atoms with Gasteiger partial charge in [0.2, 0.25) is 0 Å². The van der Waals surface area contributed by atoms with Crippen LogP contribution in [0, 0.1) is 5.82 Å². The second-order valence-electron chi connectivity index (χ2n) is 7.23. The van der Waals surface area contributed by atoms with Gasteiger partial charge < -0.3 is 18.9 Å². The fraction of sp³-hybridized carbons (Fsp3) is 0.381. The van der Waals surface area contributed by atoms with Crippen LogP contribution in [-0.2, 0) is 6.54 Å². The van der Waals surface area contributed by atoms with Crippen LogP contribution < -0.4 is 14.4 Å². The van der Waals surface area contributed by atoms with Crippen LogP contribution in [0.15, 0.2) is 42.7 Å². The molecule has 0 aliphatic carbocycles. The van der Waals surface area contributed by atoms with Crippen molar-refractivity contribution in [3.63, 3.8) is 0 Å².